The topological polar surface area (TPSA) is 95.8 Å². The molecule has 0 N–H and O–H groups in total. The summed E-state index contributed by atoms with van der Waals surface area (Å²) in [6.45, 7) is 0. The van der Waals surface area contributed by atoms with Crippen molar-refractivity contribution in [2.45, 2.75) is 18.8 Å². The summed E-state index contributed by atoms with van der Waals surface area (Å²) in [7, 11) is 2.85. The molecule has 212 valence electrons. The van der Waals surface area contributed by atoms with Gasteiger partial charge >= 0.3 is 12.0 Å². The lowest BCUT2D eigenvalue weighted by molar-refractivity contribution is 0.0480. The molecular formula is C33H24F2N6O2. The summed E-state index contributed by atoms with van der Waals surface area (Å²) in [5, 5.41) is 0. The second-order valence-corrected chi connectivity index (χ2v) is 10.0. The Balaban J connectivity index is 1.37. The maximum atomic E-state index is 15.7. The minimum atomic E-state index is -3.19. The number of halogens is 2. The predicted molar refractivity (Wildman–Crippen MR) is 157 cm³/mol. The number of rotatable bonds is 6. The molecule has 0 atom stereocenters. The Morgan fingerprint density at radius 1 is 0.605 bits per heavy atom. The highest BCUT2D eigenvalue weighted by atomic mass is 19.3. The highest BCUT2D eigenvalue weighted by molar-refractivity contribution is 5.85. The van der Waals surface area contributed by atoms with Crippen LogP contribution in [-0.4, -0.2) is 44.1 Å². The molecule has 0 aliphatic heterocycles. The molecule has 0 saturated heterocycles. The summed E-state index contributed by atoms with van der Waals surface area (Å²) in [6, 6.07) is 19.2. The summed E-state index contributed by atoms with van der Waals surface area (Å²) >= 11 is 0. The van der Waals surface area contributed by atoms with E-state index in [0.717, 1.165) is 24.0 Å². The van der Waals surface area contributed by atoms with Crippen LogP contribution in [0.5, 0.6) is 12.0 Å². The average molecular weight is 575 g/mol. The molecule has 7 rings (SSSR count). The number of methoxy groups -OCH3 is 2. The molecule has 0 fully saturated rings. The molecule has 2 heterocycles. The quantitative estimate of drug-likeness (QED) is 0.216. The molecular weight excluding hydrogens is 550 g/mol. The van der Waals surface area contributed by atoms with Crippen LogP contribution >= 0.6 is 0 Å². The predicted octanol–water partition coefficient (Wildman–Crippen LogP) is 6.93. The fourth-order valence-corrected chi connectivity index (χ4v) is 5.28. The fourth-order valence-electron chi connectivity index (χ4n) is 5.28. The van der Waals surface area contributed by atoms with Crippen molar-refractivity contribution in [3.05, 3.63) is 102 Å². The largest absolute Gasteiger partial charge is 0.467 e. The summed E-state index contributed by atoms with van der Waals surface area (Å²) in [5.74, 6) is -1.51. The van der Waals surface area contributed by atoms with E-state index in [1.54, 1.807) is 24.3 Å². The van der Waals surface area contributed by atoms with Crippen LogP contribution in [0.4, 0.5) is 8.78 Å². The van der Waals surface area contributed by atoms with E-state index in [1.165, 1.54) is 26.4 Å². The minimum Gasteiger partial charge on any atom is -0.467 e. The second kappa shape index (κ2) is 10.5. The molecule has 0 unspecified atom stereocenters. The van der Waals surface area contributed by atoms with Gasteiger partial charge in [-0.3, -0.25) is 0 Å². The van der Waals surface area contributed by atoms with Gasteiger partial charge in [0.2, 0.25) is 0 Å². The molecule has 0 amide bonds. The zero-order valence-corrected chi connectivity index (χ0v) is 23.3. The minimum absolute atomic E-state index is 0.0538. The molecule has 2 aliphatic carbocycles. The van der Waals surface area contributed by atoms with Gasteiger partial charge in [0.25, 0.3) is 5.92 Å². The zero-order chi connectivity index (χ0) is 29.6. The molecule has 0 spiro atoms. The summed E-state index contributed by atoms with van der Waals surface area (Å²) in [6.07, 6.45) is 8.03. The van der Waals surface area contributed by atoms with Crippen molar-refractivity contribution in [2.24, 2.45) is 0 Å². The third-order valence-electron chi connectivity index (χ3n) is 7.40. The third-order valence-corrected chi connectivity index (χ3v) is 7.40. The van der Waals surface area contributed by atoms with Gasteiger partial charge in [-0.05, 0) is 36.1 Å². The van der Waals surface area contributed by atoms with E-state index in [4.69, 9.17) is 24.4 Å². The maximum Gasteiger partial charge on any atom is 0.322 e. The van der Waals surface area contributed by atoms with Crippen molar-refractivity contribution in [2.75, 3.05) is 14.2 Å². The smallest absolute Gasteiger partial charge is 0.322 e. The first-order valence-corrected chi connectivity index (χ1v) is 13.6. The van der Waals surface area contributed by atoms with Crippen molar-refractivity contribution in [3.8, 4) is 57.3 Å². The summed E-state index contributed by atoms with van der Waals surface area (Å²) in [4.78, 5) is 26.9. The van der Waals surface area contributed by atoms with Crippen molar-refractivity contribution in [1.82, 2.24) is 29.9 Å². The number of nitrogens with zero attached hydrogens (tertiary/aromatic N) is 6. The molecule has 2 aromatic heterocycles. The lowest BCUT2D eigenvalue weighted by atomic mass is 10.0. The molecule has 2 aliphatic rings. The Morgan fingerprint density at radius 3 is 1.72 bits per heavy atom. The first-order valence-electron chi connectivity index (χ1n) is 13.6. The van der Waals surface area contributed by atoms with E-state index >= 15 is 8.78 Å². The second-order valence-electron chi connectivity index (χ2n) is 10.0. The number of fused-ring (bicyclic) bond motifs is 3. The van der Waals surface area contributed by atoms with Gasteiger partial charge in [0, 0.05) is 33.4 Å². The monoisotopic (exact) mass is 574 g/mol. The van der Waals surface area contributed by atoms with Crippen LogP contribution in [0.15, 0.2) is 85.0 Å². The van der Waals surface area contributed by atoms with Gasteiger partial charge in [0.05, 0.1) is 14.2 Å². The van der Waals surface area contributed by atoms with E-state index in [9.17, 15) is 0 Å². The van der Waals surface area contributed by atoms with Crippen molar-refractivity contribution >= 4 is 5.57 Å². The van der Waals surface area contributed by atoms with E-state index in [0.29, 0.717) is 39.7 Å². The fraction of sp³-hybridized carbons (Fsp3) is 0.152. The van der Waals surface area contributed by atoms with Crippen molar-refractivity contribution in [1.29, 1.82) is 0 Å². The van der Waals surface area contributed by atoms with Gasteiger partial charge < -0.3 is 9.47 Å². The standard InChI is InChI=1S/C33H24F2N6O2/c1-42-31-39-30(40-32(41-31)43-2)22-14-16-26-24(18-22)23-17-21(13-15-25(23)33(26,34)35)29-37-27(19-9-5-3-6-10-19)36-28(38-29)20-11-7-4-8-12-20/h3,5-7,9-18H,4,8H2,1-2H3. The molecule has 0 radical (unpaired) electrons. The van der Waals surface area contributed by atoms with Gasteiger partial charge in [-0.25, -0.2) is 15.0 Å². The first-order chi connectivity index (χ1) is 20.9. The Kier molecular flexibility index (Phi) is 6.46. The van der Waals surface area contributed by atoms with Crippen LogP contribution in [0.3, 0.4) is 0 Å². The molecule has 5 aromatic rings. The van der Waals surface area contributed by atoms with E-state index in [2.05, 4.69) is 27.1 Å². The lowest BCUT2D eigenvalue weighted by Crippen LogP contribution is -2.11. The normalized spacial score (nSPS) is 14.6. The van der Waals surface area contributed by atoms with Crippen LogP contribution in [0.1, 0.15) is 29.8 Å². The van der Waals surface area contributed by atoms with Crippen LogP contribution in [0.2, 0.25) is 0 Å². The summed E-state index contributed by atoms with van der Waals surface area (Å²) in [5.41, 5.74) is 3.39. The molecule has 8 nitrogen and oxygen atoms in total. The number of ether oxygens (including phenoxy) is 2. The van der Waals surface area contributed by atoms with Crippen LogP contribution in [0.25, 0.3) is 50.9 Å². The number of alkyl halides is 2. The highest BCUT2D eigenvalue weighted by Gasteiger charge is 2.44. The Bertz CT molecular complexity index is 1920. The first kappa shape index (κ1) is 26.5. The van der Waals surface area contributed by atoms with E-state index in [-0.39, 0.29) is 29.0 Å². The molecule has 10 heteroatoms. The van der Waals surface area contributed by atoms with Crippen LogP contribution in [0, 0.1) is 0 Å². The van der Waals surface area contributed by atoms with Gasteiger partial charge in [-0.2, -0.15) is 18.7 Å². The molecule has 3 aromatic carbocycles. The van der Waals surface area contributed by atoms with Crippen LogP contribution < -0.4 is 9.47 Å². The van der Waals surface area contributed by atoms with E-state index in [1.807, 2.05) is 36.4 Å². The number of hydrogen-bond acceptors (Lipinski definition) is 8. The lowest BCUT2D eigenvalue weighted by Gasteiger charge is -2.13. The van der Waals surface area contributed by atoms with Gasteiger partial charge in [0.15, 0.2) is 23.3 Å². The highest BCUT2D eigenvalue weighted by Crippen LogP contribution is 2.52. The van der Waals surface area contributed by atoms with Gasteiger partial charge in [-0.1, -0.05) is 72.8 Å². The SMILES string of the molecule is COc1nc(OC)nc(-c2ccc3c(c2)-c2cc(-c4nc(C5=CCCC=C5)nc(-c5ccccc5)n4)ccc2C3(F)F)n1. The van der Waals surface area contributed by atoms with E-state index < -0.39 is 5.92 Å². The van der Waals surface area contributed by atoms with Crippen LogP contribution in [-0.2, 0) is 5.92 Å². The number of benzene rings is 3. The number of aromatic nitrogens is 6. The zero-order valence-electron chi connectivity index (χ0n) is 23.3. The Labute approximate surface area is 245 Å². The Morgan fingerprint density at radius 2 is 1.16 bits per heavy atom. The van der Waals surface area contributed by atoms with Gasteiger partial charge in [0.1, 0.15) is 0 Å². The number of allylic oxidation sites excluding steroid dienone is 4. The molecule has 0 bridgehead atoms. The molecule has 0 saturated carbocycles. The summed E-state index contributed by atoms with van der Waals surface area (Å²) < 4.78 is 41.7. The van der Waals surface area contributed by atoms with Crippen molar-refractivity contribution in [3.63, 3.8) is 0 Å². The van der Waals surface area contributed by atoms with Crippen molar-refractivity contribution < 1.29 is 18.3 Å². The average Bonchev–Trinajstić information content (AvgIpc) is 3.30. The molecule has 43 heavy (non-hydrogen) atoms. The Hall–Kier alpha value is -5.38. The number of hydrogen-bond donors (Lipinski definition) is 0. The maximum absolute atomic E-state index is 15.7. The third kappa shape index (κ3) is 4.70. The van der Waals surface area contributed by atoms with Gasteiger partial charge in [-0.15, -0.1) is 4.98 Å².